The molecule has 2 rings (SSSR count). The van der Waals surface area contributed by atoms with Gasteiger partial charge in [0.1, 0.15) is 6.04 Å². The molecule has 0 aromatic heterocycles. The van der Waals surface area contributed by atoms with E-state index in [0.29, 0.717) is 4.90 Å². The minimum Gasteiger partial charge on any atom is -0.480 e. The zero-order valence-electron chi connectivity index (χ0n) is 16.2. The quantitative estimate of drug-likeness (QED) is 0.438. The van der Waals surface area contributed by atoms with Crippen molar-refractivity contribution in [2.45, 2.75) is 38.0 Å². The molecule has 0 bridgehead atoms. The van der Waals surface area contributed by atoms with E-state index in [1.54, 1.807) is 19.1 Å². The normalized spacial score (nSPS) is 16.0. The number of hydrogen-bond acceptors (Lipinski definition) is 7. The van der Waals surface area contributed by atoms with Crippen molar-refractivity contribution in [3.63, 3.8) is 0 Å². The molecule has 156 valence electrons. The second-order valence-corrected chi connectivity index (χ2v) is 6.43. The van der Waals surface area contributed by atoms with Crippen LogP contribution in [0, 0.1) is 0 Å². The first-order valence-electron chi connectivity index (χ1n) is 8.82. The molecule has 0 saturated heterocycles. The first kappa shape index (κ1) is 22.0. The maximum absolute atomic E-state index is 12.5. The van der Waals surface area contributed by atoms with Gasteiger partial charge in [-0.2, -0.15) is 0 Å². The maximum Gasteiger partial charge on any atom is 0.331 e. The summed E-state index contributed by atoms with van der Waals surface area (Å²) >= 11 is 0. The van der Waals surface area contributed by atoms with Crippen molar-refractivity contribution in [1.29, 1.82) is 0 Å². The Labute approximate surface area is 166 Å². The molecule has 1 aliphatic heterocycles. The Kier molecular flexibility index (Phi) is 7.05. The van der Waals surface area contributed by atoms with Crippen LogP contribution in [0.1, 0.15) is 40.5 Å². The third kappa shape index (κ3) is 4.60. The van der Waals surface area contributed by atoms with Gasteiger partial charge in [-0.3, -0.25) is 19.3 Å². The van der Waals surface area contributed by atoms with Crippen LogP contribution in [0.4, 0.5) is 0 Å². The van der Waals surface area contributed by atoms with Crippen LogP contribution >= 0.6 is 0 Å². The molecule has 3 amide bonds. The van der Waals surface area contributed by atoms with Gasteiger partial charge < -0.3 is 19.9 Å². The lowest BCUT2D eigenvalue weighted by atomic mass is 10.1. The molecule has 1 aromatic carbocycles. The SMILES string of the molecule is COC(=O)[C@@H](NC(=O)CC[C@@H](C(=O)O)N1C(=O)c2ccccc2C1=O)C(C)OC. The van der Waals surface area contributed by atoms with Crippen molar-refractivity contribution in [2.24, 2.45) is 0 Å². The Morgan fingerprint density at radius 3 is 2.10 bits per heavy atom. The predicted molar refractivity (Wildman–Crippen MR) is 98.0 cm³/mol. The Balaban J connectivity index is 2.10. The Bertz CT molecular complexity index is 802. The number of carbonyl (C=O) groups excluding carboxylic acids is 4. The number of nitrogens with zero attached hydrogens (tertiary/aromatic N) is 1. The summed E-state index contributed by atoms with van der Waals surface area (Å²) in [4.78, 5) is 61.4. The second-order valence-electron chi connectivity index (χ2n) is 6.43. The van der Waals surface area contributed by atoms with Gasteiger partial charge in [-0.05, 0) is 25.5 Å². The van der Waals surface area contributed by atoms with E-state index >= 15 is 0 Å². The van der Waals surface area contributed by atoms with Gasteiger partial charge >= 0.3 is 11.9 Å². The molecule has 29 heavy (non-hydrogen) atoms. The molecule has 1 heterocycles. The van der Waals surface area contributed by atoms with Crippen LogP contribution in [0.5, 0.6) is 0 Å². The van der Waals surface area contributed by atoms with E-state index in [9.17, 15) is 29.1 Å². The maximum atomic E-state index is 12.5. The largest absolute Gasteiger partial charge is 0.480 e. The van der Waals surface area contributed by atoms with E-state index in [4.69, 9.17) is 4.74 Å². The lowest BCUT2D eigenvalue weighted by molar-refractivity contribution is -0.149. The number of rotatable bonds is 9. The van der Waals surface area contributed by atoms with E-state index < -0.39 is 47.8 Å². The zero-order chi connectivity index (χ0) is 21.7. The first-order valence-corrected chi connectivity index (χ1v) is 8.82. The third-order valence-electron chi connectivity index (χ3n) is 4.68. The van der Waals surface area contributed by atoms with Gasteiger partial charge in [0.05, 0.1) is 24.3 Å². The van der Waals surface area contributed by atoms with E-state index in [0.717, 1.165) is 7.11 Å². The summed E-state index contributed by atoms with van der Waals surface area (Å²) in [6.45, 7) is 1.56. The Hall–Kier alpha value is -3.27. The van der Waals surface area contributed by atoms with Crippen molar-refractivity contribution in [1.82, 2.24) is 10.2 Å². The minimum absolute atomic E-state index is 0.118. The number of carbonyl (C=O) groups is 5. The first-order chi connectivity index (χ1) is 13.7. The molecule has 10 nitrogen and oxygen atoms in total. The average molecular weight is 406 g/mol. The number of methoxy groups -OCH3 is 2. The van der Waals surface area contributed by atoms with Crippen molar-refractivity contribution in [2.75, 3.05) is 14.2 Å². The molecular weight excluding hydrogens is 384 g/mol. The predicted octanol–water partition coefficient (Wildman–Crippen LogP) is 0.209. The lowest BCUT2D eigenvalue weighted by Gasteiger charge is -2.24. The smallest absolute Gasteiger partial charge is 0.331 e. The topological polar surface area (TPSA) is 139 Å². The lowest BCUT2D eigenvalue weighted by Crippen LogP contribution is -2.50. The molecular formula is C19H22N2O8. The zero-order valence-corrected chi connectivity index (χ0v) is 16.2. The molecule has 1 aliphatic rings. The Morgan fingerprint density at radius 2 is 1.66 bits per heavy atom. The van der Waals surface area contributed by atoms with Crippen LogP contribution < -0.4 is 5.32 Å². The van der Waals surface area contributed by atoms with Gasteiger partial charge in [0.2, 0.25) is 5.91 Å². The second kappa shape index (κ2) is 9.28. The minimum atomic E-state index is -1.52. The third-order valence-corrected chi connectivity index (χ3v) is 4.68. The van der Waals surface area contributed by atoms with Gasteiger partial charge in [-0.1, -0.05) is 12.1 Å². The van der Waals surface area contributed by atoms with Crippen LogP contribution in [0.15, 0.2) is 24.3 Å². The molecule has 0 spiro atoms. The van der Waals surface area contributed by atoms with Gasteiger partial charge in [0.25, 0.3) is 11.8 Å². The standard InChI is InChI=1S/C19H22N2O8/c1-10(28-2)15(19(27)29-3)20-14(22)9-8-13(18(25)26)21-16(23)11-6-4-5-7-12(11)17(21)24/h4-7,10,13,15H,8-9H2,1-3H3,(H,20,22)(H,25,26)/t10?,13-,15-/m0/s1. The van der Waals surface area contributed by atoms with Gasteiger partial charge in [0, 0.05) is 13.5 Å². The van der Waals surface area contributed by atoms with E-state index in [2.05, 4.69) is 10.1 Å². The van der Waals surface area contributed by atoms with Crippen LogP contribution in [0.2, 0.25) is 0 Å². The number of esters is 1. The molecule has 2 N–H and O–H groups in total. The highest BCUT2D eigenvalue weighted by Gasteiger charge is 2.42. The highest BCUT2D eigenvalue weighted by molar-refractivity contribution is 6.22. The van der Waals surface area contributed by atoms with Crippen LogP contribution in [0.3, 0.4) is 0 Å². The summed E-state index contributed by atoms with van der Waals surface area (Å²) < 4.78 is 9.66. The van der Waals surface area contributed by atoms with Gasteiger partial charge in [-0.25, -0.2) is 9.59 Å². The molecule has 0 radical (unpaired) electrons. The number of carboxylic acid groups (broad SMARTS) is 1. The van der Waals surface area contributed by atoms with Crippen molar-refractivity contribution in [3.8, 4) is 0 Å². The van der Waals surface area contributed by atoms with E-state index in [1.807, 2.05) is 0 Å². The number of fused-ring (bicyclic) bond motifs is 1. The van der Waals surface area contributed by atoms with Gasteiger partial charge in [-0.15, -0.1) is 0 Å². The average Bonchev–Trinajstić information content (AvgIpc) is 2.96. The summed E-state index contributed by atoms with van der Waals surface area (Å²) in [7, 11) is 2.52. The number of ether oxygens (including phenoxy) is 2. The molecule has 0 fully saturated rings. The molecule has 3 atom stereocenters. The number of hydrogen-bond donors (Lipinski definition) is 2. The number of nitrogens with one attached hydrogen (secondary N) is 1. The molecule has 0 aliphatic carbocycles. The van der Waals surface area contributed by atoms with Gasteiger partial charge in [0.15, 0.2) is 6.04 Å². The summed E-state index contributed by atoms with van der Waals surface area (Å²) in [6.07, 6.45) is -1.34. The summed E-state index contributed by atoms with van der Waals surface area (Å²) in [6, 6.07) is 3.41. The number of aliphatic carboxylic acids is 1. The fourth-order valence-corrected chi connectivity index (χ4v) is 3.00. The fourth-order valence-electron chi connectivity index (χ4n) is 3.00. The molecule has 1 aromatic rings. The number of imide groups is 1. The molecule has 1 unspecified atom stereocenters. The van der Waals surface area contributed by atoms with E-state index in [-0.39, 0.29) is 24.0 Å². The Morgan fingerprint density at radius 1 is 1.10 bits per heavy atom. The van der Waals surface area contributed by atoms with Crippen molar-refractivity contribution >= 4 is 29.7 Å². The molecule has 0 saturated carbocycles. The summed E-state index contributed by atoms with van der Waals surface area (Å²) in [5.41, 5.74) is 0.237. The van der Waals surface area contributed by atoms with E-state index in [1.165, 1.54) is 19.2 Å². The number of amides is 3. The van der Waals surface area contributed by atoms with Crippen LogP contribution in [0.25, 0.3) is 0 Å². The van der Waals surface area contributed by atoms with Crippen molar-refractivity contribution < 1.29 is 38.6 Å². The van der Waals surface area contributed by atoms with Crippen LogP contribution in [-0.4, -0.2) is 72.1 Å². The van der Waals surface area contributed by atoms with Crippen LogP contribution in [-0.2, 0) is 23.9 Å². The number of benzene rings is 1. The number of carboxylic acids is 1. The van der Waals surface area contributed by atoms with Crippen molar-refractivity contribution in [3.05, 3.63) is 35.4 Å². The highest BCUT2D eigenvalue weighted by Crippen LogP contribution is 2.26. The molecule has 10 heteroatoms. The fraction of sp³-hybridized carbons (Fsp3) is 0.421. The summed E-state index contributed by atoms with van der Waals surface area (Å²) in [5.74, 6) is -4.23. The highest BCUT2D eigenvalue weighted by atomic mass is 16.5. The monoisotopic (exact) mass is 406 g/mol. The summed E-state index contributed by atoms with van der Waals surface area (Å²) in [5, 5.41) is 11.9.